The molecule has 2 aromatic heterocycles. The van der Waals surface area contributed by atoms with Crippen LogP contribution in [0.3, 0.4) is 0 Å². The smallest absolute Gasteiger partial charge is 0.237 e. The lowest BCUT2D eigenvalue weighted by Crippen LogP contribution is -2.21. The fourth-order valence-corrected chi connectivity index (χ4v) is 4.06. The second-order valence-corrected chi connectivity index (χ2v) is 7.71. The molecule has 0 aliphatic rings. The van der Waals surface area contributed by atoms with Crippen molar-refractivity contribution in [3.8, 4) is 11.4 Å². The minimum Gasteiger partial charge on any atom is -0.372 e. The van der Waals surface area contributed by atoms with Crippen LogP contribution in [-0.4, -0.2) is 38.0 Å². The highest BCUT2D eigenvalue weighted by Gasteiger charge is 2.15. The summed E-state index contributed by atoms with van der Waals surface area (Å²) in [6.45, 7) is 11.4. The Balaban J connectivity index is 1.70. The summed E-state index contributed by atoms with van der Waals surface area (Å²) >= 11 is 1.58. The molecule has 0 aliphatic heterocycles. The molecule has 3 rings (SSSR count). The van der Waals surface area contributed by atoms with E-state index in [0.29, 0.717) is 11.6 Å². The standard InChI is InChI=1S/C21H30N6OS/c1-5-9-10-18-22-19(28-25-18)15-29-21-24-23-20(27(21)8-4)16-11-13-17(14-12-16)26(6-2)7-3/h11-14H,5-10,15H2,1-4H3. The number of hydrogen-bond donors (Lipinski definition) is 0. The number of unbranched alkanes of at least 4 members (excludes halogenated alkanes) is 1. The van der Waals surface area contributed by atoms with E-state index < -0.39 is 0 Å². The van der Waals surface area contributed by atoms with E-state index >= 15 is 0 Å². The minimum absolute atomic E-state index is 0.595. The van der Waals surface area contributed by atoms with Gasteiger partial charge in [0, 0.05) is 37.3 Å². The van der Waals surface area contributed by atoms with Crippen LogP contribution < -0.4 is 4.90 Å². The first-order chi connectivity index (χ1) is 14.2. The molecule has 0 unspecified atom stereocenters. The number of hydrogen-bond acceptors (Lipinski definition) is 7. The number of aryl methyl sites for hydroxylation is 1. The molecular formula is C21H30N6OS. The van der Waals surface area contributed by atoms with Gasteiger partial charge in [-0.15, -0.1) is 10.2 Å². The normalized spacial score (nSPS) is 11.2. The molecule has 0 aliphatic carbocycles. The Bertz CT molecular complexity index is 885. The van der Waals surface area contributed by atoms with E-state index in [0.717, 1.165) is 61.3 Å². The molecule has 0 saturated carbocycles. The highest BCUT2D eigenvalue weighted by Crippen LogP contribution is 2.27. The van der Waals surface area contributed by atoms with Crippen molar-refractivity contribution in [2.45, 2.75) is 64.4 Å². The van der Waals surface area contributed by atoms with Crippen LogP contribution in [0.15, 0.2) is 33.9 Å². The van der Waals surface area contributed by atoms with Crippen molar-refractivity contribution in [1.82, 2.24) is 24.9 Å². The zero-order valence-corrected chi connectivity index (χ0v) is 18.6. The first-order valence-electron chi connectivity index (χ1n) is 10.4. The molecule has 0 spiro atoms. The summed E-state index contributed by atoms with van der Waals surface area (Å²) in [5, 5.41) is 13.8. The van der Waals surface area contributed by atoms with E-state index in [1.807, 2.05) is 0 Å². The first-order valence-corrected chi connectivity index (χ1v) is 11.4. The predicted molar refractivity (Wildman–Crippen MR) is 117 cm³/mol. The van der Waals surface area contributed by atoms with Gasteiger partial charge in [-0.3, -0.25) is 0 Å². The van der Waals surface area contributed by atoms with Gasteiger partial charge in [-0.1, -0.05) is 30.3 Å². The maximum Gasteiger partial charge on any atom is 0.237 e. The van der Waals surface area contributed by atoms with Gasteiger partial charge < -0.3 is 14.0 Å². The van der Waals surface area contributed by atoms with Crippen LogP contribution >= 0.6 is 11.8 Å². The number of thioether (sulfide) groups is 1. The Morgan fingerprint density at radius 1 is 1.03 bits per heavy atom. The fraction of sp³-hybridized carbons (Fsp3) is 0.524. The molecule has 0 fully saturated rings. The molecule has 0 radical (unpaired) electrons. The molecule has 0 bridgehead atoms. The van der Waals surface area contributed by atoms with Gasteiger partial charge in [-0.25, -0.2) is 0 Å². The molecule has 2 heterocycles. The summed E-state index contributed by atoms with van der Waals surface area (Å²) in [5.41, 5.74) is 2.30. The van der Waals surface area contributed by atoms with Gasteiger partial charge >= 0.3 is 0 Å². The Hall–Kier alpha value is -2.35. The Labute approximate surface area is 176 Å². The quantitative estimate of drug-likeness (QED) is 0.416. The number of aromatic nitrogens is 5. The highest BCUT2D eigenvalue weighted by atomic mass is 32.2. The lowest BCUT2D eigenvalue weighted by molar-refractivity contribution is 0.384. The molecular weight excluding hydrogens is 384 g/mol. The van der Waals surface area contributed by atoms with E-state index in [1.165, 1.54) is 5.69 Å². The van der Waals surface area contributed by atoms with Gasteiger partial charge in [0.2, 0.25) is 5.89 Å². The zero-order valence-electron chi connectivity index (χ0n) is 17.8. The summed E-state index contributed by atoms with van der Waals surface area (Å²) in [7, 11) is 0. The average molecular weight is 415 g/mol. The first kappa shape index (κ1) is 21.4. The average Bonchev–Trinajstić information content (AvgIpc) is 3.38. The van der Waals surface area contributed by atoms with Crippen LogP contribution in [-0.2, 0) is 18.7 Å². The summed E-state index contributed by atoms with van der Waals surface area (Å²) in [6.07, 6.45) is 3.06. The van der Waals surface area contributed by atoms with Crippen molar-refractivity contribution >= 4 is 17.4 Å². The van der Waals surface area contributed by atoms with E-state index in [-0.39, 0.29) is 0 Å². The maximum atomic E-state index is 5.36. The number of benzene rings is 1. The molecule has 1 aromatic carbocycles. The van der Waals surface area contributed by atoms with Gasteiger partial charge in [0.05, 0.1) is 5.75 Å². The van der Waals surface area contributed by atoms with Gasteiger partial charge in [0.1, 0.15) is 0 Å². The Morgan fingerprint density at radius 3 is 2.45 bits per heavy atom. The van der Waals surface area contributed by atoms with Crippen LogP contribution in [0.2, 0.25) is 0 Å². The lowest BCUT2D eigenvalue weighted by atomic mass is 10.2. The molecule has 8 heteroatoms. The van der Waals surface area contributed by atoms with E-state index in [1.54, 1.807) is 11.8 Å². The number of rotatable bonds is 11. The summed E-state index contributed by atoms with van der Waals surface area (Å²) in [5.74, 6) is 2.90. The summed E-state index contributed by atoms with van der Waals surface area (Å²) in [6, 6.07) is 8.55. The monoisotopic (exact) mass is 414 g/mol. The maximum absolute atomic E-state index is 5.36. The zero-order chi connectivity index (χ0) is 20.6. The minimum atomic E-state index is 0.595. The number of anilines is 1. The predicted octanol–water partition coefficient (Wildman–Crippen LogP) is 4.83. The Kier molecular flexibility index (Phi) is 7.69. The van der Waals surface area contributed by atoms with Gasteiger partial charge in [0.15, 0.2) is 16.8 Å². The van der Waals surface area contributed by atoms with E-state index in [9.17, 15) is 0 Å². The van der Waals surface area contributed by atoms with Crippen LogP contribution in [0.5, 0.6) is 0 Å². The van der Waals surface area contributed by atoms with Crippen LogP contribution in [0.1, 0.15) is 52.3 Å². The van der Waals surface area contributed by atoms with E-state index in [4.69, 9.17) is 4.52 Å². The number of nitrogens with zero attached hydrogens (tertiary/aromatic N) is 6. The highest BCUT2D eigenvalue weighted by molar-refractivity contribution is 7.98. The molecule has 0 saturated heterocycles. The van der Waals surface area contributed by atoms with Crippen molar-refractivity contribution < 1.29 is 4.52 Å². The van der Waals surface area contributed by atoms with Crippen molar-refractivity contribution in [3.05, 3.63) is 36.0 Å². The molecule has 3 aromatic rings. The van der Waals surface area contributed by atoms with Crippen LogP contribution in [0.4, 0.5) is 5.69 Å². The van der Waals surface area contributed by atoms with Crippen molar-refractivity contribution in [1.29, 1.82) is 0 Å². The van der Waals surface area contributed by atoms with E-state index in [2.05, 4.69) is 81.8 Å². The van der Waals surface area contributed by atoms with Crippen LogP contribution in [0, 0.1) is 0 Å². The van der Waals surface area contributed by atoms with Crippen molar-refractivity contribution in [2.24, 2.45) is 0 Å². The summed E-state index contributed by atoms with van der Waals surface area (Å²) < 4.78 is 7.49. The lowest BCUT2D eigenvalue weighted by Gasteiger charge is -2.21. The van der Waals surface area contributed by atoms with Crippen molar-refractivity contribution in [2.75, 3.05) is 18.0 Å². The molecule has 0 atom stereocenters. The van der Waals surface area contributed by atoms with Crippen LogP contribution in [0.25, 0.3) is 11.4 Å². The summed E-state index contributed by atoms with van der Waals surface area (Å²) in [4.78, 5) is 6.79. The van der Waals surface area contributed by atoms with Gasteiger partial charge in [-0.05, 0) is 51.5 Å². The molecule has 0 amide bonds. The third kappa shape index (κ3) is 5.18. The topological polar surface area (TPSA) is 72.9 Å². The molecule has 29 heavy (non-hydrogen) atoms. The SMILES string of the molecule is CCCCc1noc(CSc2nnc(-c3ccc(N(CC)CC)cc3)n2CC)n1. The van der Waals surface area contributed by atoms with Gasteiger partial charge in [0.25, 0.3) is 0 Å². The third-order valence-corrected chi connectivity index (χ3v) is 5.83. The third-order valence-electron chi connectivity index (χ3n) is 4.88. The fourth-order valence-electron chi connectivity index (χ4n) is 3.22. The second kappa shape index (κ2) is 10.4. The molecule has 7 nitrogen and oxygen atoms in total. The largest absolute Gasteiger partial charge is 0.372 e. The Morgan fingerprint density at radius 2 is 1.79 bits per heavy atom. The second-order valence-electron chi connectivity index (χ2n) is 6.77. The van der Waals surface area contributed by atoms with Gasteiger partial charge in [-0.2, -0.15) is 4.98 Å². The van der Waals surface area contributed by atoms with Crippen molar-refractivity contribution in [3.63, 3.8) is 0 Å². The molecule has 0 N–H and O–H groups in total. The molecule has 156 valence electrons.